The minimum absolute atomic E-state index is 0.0459. The van der Waals surface area contributed by atoms with Crippen LogP contribution in [0.5, 0.6) is 0 Å². The Hall–Kier alpha value is -1.58. The fourth-order valence-electron chi connectivity index (χ4n) is 3.68. The first-order valence-electron chi connectivity index (χ1n) is 7.59. The van der Waals surface area contributed by atoms with Crippen LogP contribution in [0.1, 0.15) is 46.5 Å². The van der Waals surface area contributed by atoms with E-state index in [0.29, 0.717) is 12.1 Å². The van der Waals surface area contributed by atoms with Crippen molar-refractivity contribution in [2.24, 2.45) is 17.1 Å². The van der Waals surface area contributed by atoms with Crippen molar-refractivity contribution in [3.05, 3.63) is 30.1 Å². The Labute approximate surface area is 126 Å². The third-order valence-corrected chi connectivity index (χ3v) is 4.59. The lowest BCUT2D eigenvalue weighted by atomic mass is 9.61. The molecule has 1 aliphatic rings. The molecule has 2 atom stereocenters. The Morgan fingerprint density at radius 3 is 2.67 bits per heavy atom. The maximum atomic E-state index is 13.4. The average Bonchev–Trinajstić information content (AvgIpc) is 2.37. The van der Waals surface area contributed by atoms with Crippen LogP contribution in [0.3, 0.4) is 0 Å². The van der Waals surface area contributed by atoms with Gasteiger partial charge in [-0.2, -0.15) is 0 Å². The van der Waals surface area contributed by atoms with Gasteiger partial charge in [-0.05, 0) is 42.4 Å². The van der Waals surface area contributed by atoms with Crippen LogP contribution >= 0.6 is 0 Å². The van der Waals surface area contributed by atoms with Gasteiger partial charge in [0, 0.05) is 5.69 Å². The van der Waals surface area contributed by atoms with Gasteiger partial charge in [0.2, 0.25) is 5.91 Å². The molecule has 1 saturated carbocycles. The summed E-state index contributed by atoms with van der Waals surface area (Å²) in [5, 5.41) is 3.28. The zero-order chi connectivity index (χ0) is 15.7. The highest BCUT2D eigenvalue weighted by atomic mass is 19.1. The number of halogens is 1. The fourth-order valence-corrected chi connectivity index (χ4v) is 3.68. The summed E-state index contributed by atoms with van der Waals surface area (Å²) in [6.07, 6.45) is 3.70. The van der Waals surface area contributed by atoms with E-state index in [9.17, 15) is 9.18 Å². The second-order valence-electron chi connectivity index (χ2n) is 7.14. The Morgan fingerprint density at radius 1 is 1.38 bits per heavy atom. The van der Waals surface area contributed by atoms with Gasteiger partial charge in [-0.25, -0.2) is 4.39 Å². The van der Waals surface area contributed by atoms with Crippen LogP contribution in [0, 0.1) is 17.2 Å². The Bertz CT molecular complexity index is 524. The number of rotatable bonds is 3. The van der Waals surface area contributed by atoms with Crippen molar-refractivity contribution in [2.45, 2.75) is 52.0 Å². The monoisotopic (exact) mass is 292 g/mol. The normalized spacial score (nSPS) is 26.4. The van der Waals surface area contributed by atoms with Gasteiger partial charge in [-0.15, -0.1) is 0 Å². The first-order valence-corrected chi connectivity index (χ1v) is 7.59. The molecule has 0 bridgehead atoms. The highest BCUT2D eigenvalue weighted by Crippen LogP contribution is 2.46. The Kier molecular flexibility index (Phi) is 4.26. The maximum absolute atomic E-state index is 13.4. The Morgan fingerprint density at radius 2 is 2.10 bits per heavy atom. The molecule has 1 aromatic rings. The zero-order valence-corrected chi connectivity index (χ0v) is 13.1. The molecule has 2 rings (SSSR count). The van der Waals surface area contributed by atoms with E-state index in [0.717, 1.165) is 19.3 Å². The van der Waals surface area contributed by atoms with Crippen LogP contribution in [-0.4, -0.2) is 11.4 Å². The largest absolute Gasteiger partial charge is 0.371 e. The minimum Gasteiger partial charge on any atom is -0.371 e. The Balaban J connectivity index is 2.40. The molecule has 2 unspecified atom stereocenters. The average molecular weight is 292 g/mol. The summed E-state index contributed by atoms with van der Waals surface area (Å²) in [6, 6.07) is 6.23. The zero-order valence-electron chi connectivity index (χ0n) is 13.1. The standard InChI is InChI=1S/C17H25FN2O/c1-16(2,3)14-9-4-5-10-17(14,15(19)21)20-13-8-6-7-12(18)11-13/h6-8,11,14,20H,4-5,9-10H2,1-3H3,(H2,19,21). The molecule has 1 aromatic carbocycles. The van der Waals surface area contributed by atoms with Gasteiger partial charge in [-0.3, -0.25) is 4.79 Å². The fraction of sp³-hybridized carbons (Fsp3) is 0.588. The molecule has 1 fully saturated rings. The predicted molar refractivity (Wildman–Crippen MR) is 83.4 cm³/mol. The number of nitrogens with one attached hydrogen (secondary N) is 1. The molecule has 0 radical (unpaired) electrons. The first kappa shape index (κ1) is 15.8. The molecule has 3 N–H and O–H groups in total. The summed E-state index contributed by atoms with van der Waals surface area (Å²) in [5.74, 6) is -0.534. The van der Waals surface area contributed by atoms with Crippen molar-refractivity contribution >= 4 is 11.6 Å². The van der Waals surface area contributed by atoms with Crippen LogP contribution in [0.25, 0.3) is 0 Å². The van der Waals surface area contributed by atoms with Gasteiger partial charge in [0.1, 0.15) is 11.4 Å². The quantitative estimate of drug-likeness (QED) is 0.892. The van der Waals surface area contributed by atoms with E-state index in [4.69, 9.17) is 5.73 Å². The highest BCUT2D eigenvalue weighted by molar-refractivity contribution is 5.88. The van der Waals surface area contributed by atoms with E-state index < -0.39 is 5.54 Å². The van der Waals surface area contributed by atoms with Crippen LogP contribution in [0.2, 0.25) is 0 Å². The van der Waals surface area contributed by atoms with Gasteiger partial charge in [-0.1, -0.05) is 39.7 Å². The van der Waals surface area contributed by atoms with Crippen molar-refractivity contribution in [3.63, 3.8) is 0 Å². The molecular weight excluding hydrogens is 267 g/mol. The second kappa shape index (κ2) is 5.66. The molecule has 116 valence electrons. The summed E-state index contributed by atoms with van der Waals surface area (Å²) in [7, 11) is 0. The third-order valence-electron chi connectivity index (χ3n) is 4.59. The smallest absolute Gasteiger partial charge is 0.243 e. The van der Waals surface area contributed by atoms with Gasteiger partial charge >= 0.3 is 0 Å². The summed E-state index contributed by atoms with van der Waals surface area (Å²) in [5.41, 5.74) is 5.55. The van der Waals surface area contributed by atoms with E-state index in [-0.39, 0.29) is 23.1 Å². The number of nitrogens with two attached hydrogens (primary N) is 1. The number of anilines is 1. The van der Waals surface area contributed by atoms with Crippen molar-refractivity contribution in [1.29, 1.82) is 0 Å². The van der Waals surface area contributed by atoms with Gasteiger partial charge in [0.05, 0.1) is 0 Å². The van der Waals surface area contributed by atoms with E-state index in [1.165, 1.54) is 12.1 Å². The van der Waals surface area contributed by atoms with Crippen LogP contribution in [-0.2, 0) is 4.79 Å². The summed E-state index contributed by atoms with van der Waals surface area (Å²) < 4.78 is 13.4. The molecule has 0 aromatic heterocycles. The molecule has 1 amide bonds. The highest BCUT2D eigenvalue weighted by Gasteiger charge is 2.50. The van der Waals surface area contributed by atoms with Crippen LogP contribution in [0.15, 0.2) is 24.3 Å². The summed E-state index contributed by atoms with van der Waals surface area (Å²) in [6.45, 7) is 6.40. The van der Waals surface area contributed by atoms with Gasteiger partial charge < -0.3 is 11.1 Å². The predicted octanol–water partition coefficient (Wildman–Crippen LogP) is 3.70. The number of hydrogen-bond donors (Lipinski definition) is 2. The number of primary amides is 1. The molecule has 0 aliphatic heterocycles. The second-order valence-corrected chi connectivity index (χ2v) is 7.14. The molecule has 0 spiro atoms. The first-order chi connectivity index (χ1) is 9.75. The number of hydrogen-bond acceptors (Lipinski definition) is 2. The van der Waals surface area contributed by atoms with Crippen molar-refractivity contribution < 1.29 is 9.18 Å². The van der Waals surface area contributed by atoms with Crippen molar-refractivity contribution in [3.8, 4) is 0 Å². The molecule has 21 heavy (non-hydrogen) atoms. The van der Waals surface area contributed by atoms with Gasteiger partial charge in [0.15, 0.2) is 0 Å². The summed E-state index contributed by atoms with van der Waals surface area (Å²) >= 11 is 0. The van der Waals surface area contributed by atoms with Gasteiger partial charge in [0.25, 0.3) is 0 Å². The topological polar surface area (TPSA) is 55.1 Å². The van der Waals surface area contributed by atoms with Crippen LogP contribution in [0.4, 0.5) is 10.1 Å². The minimum atomic E-state index is -0.801. The van der Waals surface area contributed by atoms with E-state index >= 15 is 0 Å². The molecule has 1 aliphatic carbocycles. The molecule has 0 heterocycles. The van der Waals surface area contributed by atoms with Crippen molar-refractivity contribution in [1.82, 2.24) is 0 Å². The number of carbonyl (C=O) groups excluding carboxylic acids is 1. The van der Waals surface area contributed by atoms with E-state index in [2.05, 4.69) is 26.1 Å². The molecule has 4 heteroatoms. The van der Waals surface area contributed by atoms with E-state index in [1.54, 1.807) is 12.1 Å². The molecule has 0 saturated heterocycles. The lowest BCUT2D eigenvalue weighted by molar-refractivity contribution is -0.127. The SMILES string of the molecule is CC(C)(C)C1CCCCC1(Nc1cccc(F)c1)C(N)=O. The maximum Gasteiger partial charge on any atom is 0.243 e. The lowest BCUT2D eigenvalue weighted by Gasteiger charge is -2.49. The van der Waals surface area contributed by atoms with E-state index in [1.807, 2.05) is 0 Å². The number of benzene rings is 1. The van der Waals surface area contributed by atoms with Crippen molar-refractivity contribution in [2.75, 3.05) is 5.32 Å². The molecule has 3 nitrogen and oxygen atoms in total. The third kappa shape index (κ3) is 3.20. The number of carbonyl (C=O) groups is 1. The summed E-state index contributed by atoms with van der Waals surface area (Å²) in [4.78, 5) is 12.3. The lowest BCUT2D eigenvalue weighted by Crippen LogP contribution is -2.60. The molecular formula is C17H25FN2O. The van der Waals surface area contributed by atoms with Crippen LogP contribution < -0.4 is 11.1 Å². The number of amides is 1.